The van der Waals surface area contributed by atoms with Gasteiger partial charge < -0.3 is 24.0 Å². The van der Waals surface area contributed by atoms with Crippen molar-refractivity contribution < 1.29 is 23.9 Å². The third-order valence-electron chi connectivity index (χ3n) is 6.20. The molecule has 0 bridgehead atoms. The fourth-order valence-electron chi connectivity index (χ4n) is 4.36. The number of aromatic nitrogens is 1. The van der Waals surface area contributed by atoms with Crippen molar-refractivity contribution in [2.45, 2.75) is 11.8 Å². The summed E-state index contributed by atoms with van der Waals surface area (Å²) in [6.07, 6.45) is 0. The molecule has 33 heavy (non-hydrogen) atoms. The Morgan fingerprint density at radius 3 is 2.82 bits per heavy atom. The van der Waals surface area contributed by atoms with Crippen molar-refractivity contribution in [3.63, 3.8) is 0 Å². The highest BCUT2D eigenvalue weighted by atomic mass is 35.5. The van der Waals surface area contributed by atoms with E-state index in [1.807, 2.05) is 30.3 Å². The molecule has 8 nitrogen and oxygen atoms in total. The highest BCUT2D eigenvalue weighted by Crippen LogP contribution is 2.34. The summed E-state index contributed by atoms with van der Waals surface area (Å²) in [6.45, 7) is 2.03. The van der Waals surface area contributed by atoms with Crippen molar-refractivity contribution in [3.8, 4) is 17.0 Å². The number of fused-ring (bicyclic) bond motifs is 1. The first kappa shape index (κ1) is 21.9. The first-order chi connectivity index (χ1) is 16.0. The van der Waals surface area contributed by atoms with Crippen LogP contribution in [0.25, 0.3) is 11.3 Å². The molecule has 2 saturated heterocycles. The number of halogens is 1. The van der Waals surface area contributed by atoms with Gasteiger partial charge in [-0.1, -0.05) is 53.2 Å². The van der Waals surface area contributed by atoms with Crippen LogP contribution in [0, 0.1) is 0 Å². The Morgan fingerprint density at radius 1 is 1.21 bits per heavy atom. The van der Waals surface area contributed by atoms with Gasteiger partial charge in [0.25, 0.3) is 5.91 Å². The smallest absolute Gasteiger partial charge is 0.255 e. The van der Waals surface area contributed by atoms with E-state index in [1.165, 1.54) is 7.11 Å². The van der Waals surface area contributed by atoms with Crippen LogP contribution in [0.3, 0.4) is 0 Å². The van der Waals surface area contributed by atoms with Gasteiger partial charge in [0.05, 0.1) is 36.9 Å². The molecule has 9 heteroatoms. The van der Waals surface area contributed by atoms with Crippen LogP contribution in [0.1, 0.15) is 16.1 Å². The molecular weight excluding hydrogens is 446 g/mol. The Balaban J connectivity index is 1.28. The Hall–Kier alpha value is -2.91. The molecular formula is C24H24ClN3O5. The maximum atomic E-state index is 13.1. The quantitative estimate of drug-likeness (QED) is 0.628. The third-order valence-corrected chi connectivity index (χ3v) is 6.59. The molecule has 2 atom stereocenters. The van der Waals surface area contributed by atoms with Gasteiger partial charge in [-0.25, -0.2) is 0 Å². The molecule has 2 aliphatic rings. The van der Waals surface area contributed by atoms with Crippen molar-refractivity contribution in [1.82, 2.24) is 15.0 Å². The Labute approximate surface area is 196 Å². The molecule has 172 valence electrons. The lowest BCUT2D eigenvalue weighted by atomic mass is 10.0. The molecule has 2 aromatic carbocycles. The van der Waals surface area contributed by atoms with Crippen LogP contribution < -0.4 is 4.74 Å². The number of methoxy groups -OCH3 is 1. The number of aliphatic hydroxyl groups is 1. The zero-order chi connectivity index (χ0) is 23.0. The largest absolute Gasteiger partial charge is 0.495 e. The van der Waals surface area contributed by atoms with E-state index in [0.717, 1.165) is 5.56 Å². The topological polar surface area (TPSA) is 88.3 Å². The van der Waals surface area contributed by atoms with Crippen LogP contribution in [0.4, 0.5) is 0 Å². The summed E-state index contributed by atoms with van der Waals surface area (Å²) < 4.78 is 16.5. The second kappa shape index (κ2) is 8.79. The van der Waals surface area contributed by atoms with E-state index in [2.05, 4.69) is 10.1 Å². The Morgan fingerprint density at radius 2 is 2.03 bits per heavy atom. The molecule has 0 spiro atoms. The van der Waals surface area contributed by atoms with Crippen molar-refractivity contribution in [2.75, 3.05) is 39.9 Å². The molecule has 0 saturated carbocycles. The molecule has 1 amide bonds. The normalized spacial score (nSPS) is 23.2. The second-order valence-corrected chi connectivity index (χ2v) is 8.61. The molecule has 0 radical (unpaired) electrons. The van der Waals surface area contributed by atoms with E-state index < -0.39 is 5.79 Å². The molecule has 2 aliphatic heterocycles. The summed E-state index contributed by atoms with van der Waals surface area (Å²) in [5, 5.41) is 15.6. The summed E-state index contributed by atoms with van der Waals surface area (Å²) in [4.78, 5) is 17.0. The number of amides is 1. The minimum atomic E-state index is -1.60. The van der Waals surface area contributed by atoms with E-state index in [4.69, 9.17) is 25.6 Å². The van der Waals surface area contributed by atoms with E-state index >= 15 is 0 Å². The summed E-state index contributed by atoms with van der Waals surface area (Å²) >= 11 is 6.35. The number of hydrogen-bond donors (Lipinski definition) is 1. The Kier molecular flexibility index (Phi) is 5.84. The van der Waals surface area contributed by atoms with Crippen molar-refractivity contribution >= 4 is 17.5 Å². The molecule has 2 fully saturated rings. The molecule has 1 aromatic heterocycles. The number of hydrogen-bond acceptors (Lipinski definition) is 7. The zero-order valence-corrected chi connectivity index (χ0v) is 18.9. The molecule has 5 rings (SSSR count). The van der Waals surface area contributed by atoms with E-state index in [-0.39, 0.29) is 30.9 Å². The molecule has 1 N–H and O–H groups in total. The standard InChI is InChI=1S/C24H24ClN3O5/c1-31-20-9-5-8-18(22(20)25)23(29)27-10-11-28-15-24(30,32-14-17(28)13-27)21-12-19(26-33-21)16-6-3-2-4-7-16/h2-9,12,17,30H,10-11,13-15H2,1H3/t17-,24-/m0/s1. The van der Waals surface area contributed by atoms with E-state index in [1.54, 1.807) is 29.2 Å². The summed E-state index contributed by atoms with van der Waals surface area (Å²) in [5.41, 5.74) is 1.94. The lowest BCUT2D eigenvalue weighted by molar-refractivity contribution is -0.275. The maximum Gasteiger partial charge on any atom is 0.255 e. The van der Waals surface area contributed by atoms with Gasteiger partial charge in [0.2, 0.25) is 5.79 Å². The zero-order valence-electron chi connectivity index (χ0n) is 18.1. The van der Waals surface area contributed by atoms with Crippen molar-refractivity contribution in [3.05, 3.63) is 70.9 Å². The van der Waals surface area contributed by atoms with Gasteiger partial charge >= 0.3 is 0 Å². The van der Waals surface area contributed by atoms with Crippen LogP contribution in [-0.2, 0) is 10.5 Å². The van der Waals surface area contributed by atoms with Gasteiger partial charge in [0.1, 0.15) is 11.4 Å². The molecule has 0 unspecified atom stereocenters. The van der Waals surface area contributed by atoms with E-state index in [9.17, 15) is 9.90 Å². The number of carbonyl (C=O) groups excluding carboxylic acids is 1. The van der Waals surface area contributed by atoms with Gasteiger partial charge in [-0.2, -0.15) is 0 Å². The summed E-state index contributed by atoms with van der Waals surface area (Å²) in [5.74, 6) is -1.02. The van der Waals surface area contributed by atoms with Gasteiger partial charge in [-0.05, 0) is 12.1 Å². The fourth-order valence-corrected chi connectivity index (χ4v) is 4.64. The van der Waals surface area contributed by atoms with Gasteiger partial charge in [0, 0.05) is 31.3 Å². The number of carbonyl (C=O) groups is 1. The molecule has 3 aromatic rings. The van der Waals surface area contributed by atoms with Gasteiger partial charge in [0.15, 0.2) is 5.76 Å². The molecule has 3 heterocycles. The minimum Gasteiger partial charge on any atom is -0.495 e. The number of benzene rings is 2. The Bertz CT molecular complexity index is 1150. The highest BCUT2D eigenvalue weighted by molar-refractivity contribution is 6.35. The minimum absolute atomic E-state index is 0.0520. The number of nitrogens with zero attached hydrogens (tertiary/aromatic N) is 3. The number of piperazine rings is 1. The van der Waals surface area contributed by atoms with Crippen molar-refractivity contribution in [1.29, 1.82) is 0 Å². The van der Waals surface area contributed by atoms with Gasteiger partial charge in [-0.3, -0.25) is 9.69 Å². The van der Waals surface area contributed by atoms with E-state index in [0.29, 0.717) is 41.7 Å². The van der Waals surface area contributed by atoms with Crippen molar-refractivity contribution in [2.24, 2.45) is 0 Å². The number of morpholine rings is 1. The summed E-state index contributed by atoms with van der Waals surface area (Å²) in [6, 6.07) is 16.4. The second-order valence-electron chi connectivity index (χ2n) is 8.24. The third kappa shape index (κ3) is 4.11. The summed E-state index contributed by atoms with van der Waals surface area (Å²) in [7, 11) is 1.52. The van der Waals surface area contributed by atoms with Crippen LogP contribution in [0.2, 0.25) is 5.02 Å². The van der Waals surface area contributed by atoms with Crippen LogP contribution in [-0.4, -0.2) is 71.9 Å². The fraction of sp³-hybridized carbons (Fsp3) is 0.333. The predicted molar refractivity (Wildman–Crippen MR) is 121 cm³/mol. The number of ether oxygens (including phenoxy) is 2. The average Bonchev–Trinajstić information content (AvgIpc) is 3.35. The first-order valence-electron chi connectivity index (χ1n) is 10.7. The predicted octanol–water partition coefficient (Wildman–Crippen LogP) is 3.01. The van der Waals surface area contributed by atoms with Crippen LogP contribution in [0.5, 0.6) is 5.75 Å². The lowest BCUT2D eigenvalue weighted by Gasteiger charge is -2.47. The lowest BCUT2D eigenvalue weighted by Crippen LogP contribution is -2.63. The van der Waals surface area contributed by atoms with Crippen LogP contribution >= 0.6 is 11.6 Å². The maximum absolute atomic E-state index is 13.1. The van der Waals surface area contributed by atoms with Gasteiger partial charge in [-0.15, -0.1) is 0 Å². The number of rotatable bonds is 4. The SMILES string of the molecule is COc1cccc(C(=O)N2CCN3C[C@@](O)(c4cc(-c5ccccc5)no4)OC[C@@H]3C2)c1Cl. The molecule has 0 aliphatic carbocycles. The average molecular weight is 470 g/mol. The van der Waals surface area contributed by atoms with Crippen LogP contribution in [0.15, 0.2) is 59.1 Å². The monoisotopic (exact) mass is 469 g/mol. The highest BCUT2D eigenvalue weighted by Gasteiger charge is 2.46. The first-order valence-corrected chi connectivity index (χ1v) is 11.1.